The Kier molecular flexibility index (Phi) is 2.87. The lowest BCUT2D eigenvalue weighted by Gasteiger charge is -1.99. The van der Waals surface area contributed by atoms with Gasteiger partial charge in [-0.15, -0.1) is 0 Å². The van der Waals surface area contributed by atoms with Crippen molar-refractivity contribution in [2.45, 2.75) is 13.3 Å². The van der Waals surface area contributed by atoms with Gasteiger partial charge in [0.25, 0.3) is 0 Å². The number of ketones is 1. The third kappa shape index (κ3) is 2.10. The van der Waals surface area contributed by atoms with Crippen molar-refractivity contribution in [2.75, 3.05) is 0 Å². The van der Waals surface area contributed by atoms with E-state index in [0.29, 0.717) is 11.3 Å². The van der Waals surface area contributed by atoms with Crippen LogP contribution in [-0.4, -0.2) is 14.5 Å². The minimum Gasteiger partial charge on any atom is -0.287 e. The van der Waals surface area contributed by atoms with Crippen LogP contribution >= 0.6 is 11.7 Å². The Balaban J connectivity index is 2.27. The predicted octanol–water partition coefficient (Wildman–Crippen LogP) is 2.33. The number of hydrogen-bond acceptors (Lipinski definition) is 4. The number of benzene rings is 1. The molecule has 3 nitrogen and oxygen atoms in total. The zero-order valence-corrected chi connectivity index (χ0v) is 9.12. The molecule has 0 atom stereocenters. The number of aryl methyl sites for hydroxylation is 1. The Hall–Kier alpha value is -1.55. The van der Waals surface area contributed by atoms with Crippen molar-refractivity contribution in [3.05, 3.63) is 47.3 Å². The second-order valence-electron chi connectivity index (χ2n) is 3.17. The number of carbonyl (C=O) groups excluding carboxylic acids is 1. The van der Waals surface area contributed by atoms with Crippen LogP contribution in [0.2, 0.25) is 0 Å². The van der Waals surface area contributed by atoms with Crippen molar-refractivity contribution in [2.24, 2.45) is 0 Å². The summed E-state index contributed by atoms with van der Waals surface area (Å²) < 4.78 is 7.73. The molecule has 2 aromatic rings. The molecule has 2 rings (SSSR count). The zero-order chi connectivity index (χ0) is 10.7. The molecular formula is C11H10N2OS. The lowest BCUT2D eigenvalue weighted by molar-refractivity contribution is 0.103. The van der Waals surface area contributed by atoms with Crippen LogP contribution < -0.4 is 0 Å². The van der Waals surface area contributed by atoms with E-state index in [9.17, 15) is 4.79 Å². The summed E-state index contributed by atoms with van der Waals surface area (Å²) in [6.07, 6.45) is 2.48. The van der Waals surface area contributed by atoms with Gasteiger partial charge in [0.15, 0.2) is 0 Å². The van der Waals surface area contributed by atoms with Gasteiger partial charge in [-0.05, 0) is 12.0 Å². The Bertz CT molecular complexity index is 448. The minimum absolute atomic E-state index is 0.0635. The molecule has 1 heterocycles. The third-order valence-electron chi connectivity index (χ3n) is 2.22. The summed E-state index contributed by atoms with van der Waals surface area (Å²) in [5.74, 6) is -0.0635. The number of rotatable bonds is 3. The van der Waals surface area contributed by atoms with Crippen LogP contribution in [0, 0.1) is 0 Å². The summed E-state index contributed by atoms with van der Waals surface area (Å²) in [5.41, 5.74) is 2.31. The van der Waals surface area contributed by atoms with Crippen LogP contribution in [0.25, 0.3) is 0 Å². The molecule has 76 valence electrons. The quantitative estimate of drug-likeness (QED) is 0.742. The molecule has 0 aliphatic heterocycles. The van der Waals surface area contributed by atoms with E-state index in [2.05, 4.69) is 15.7 Å². The van der Waals surface area contributed by atoms with E-state index in [-0.39, 0.29) is 5.78 Å². The first-order chi connectivity index (χ1) is 7.31. The van der Waals surface area contributed by atoms with Gasteiger partial charge < -0.3 is 0 Å². The van der Waals surface area contributed by atoms with E-state index in [4.69, 9.17) is 0 Å². The van der Waals surface area contributed by atoms with Gasteiger partial charge in [-0.1, -0.05) is 31.2 Å². The van der Waals surface area contributed by atoms with Gasteiger partial charge in [-0.3, -0.25) is 4.79 Å². The number of carbonyl (C=O) groups is 1. The highest BCUT2D eigenvalue weighted by Gasteiger charge is 2.10. The Labute approximate surface area is 92.1 Å². The summed E-state index contributed by atoms with van der Waals surface area (Å²) >= 11 is 1.05. The summed E-state index contributed by atoms with van der Waals surface area (Å²) in [6, 6.07) is 7.60. The fraction of sp³-hybridized carbons (Fsp3) is 0.182. The second kappa shape index (κ2) is 4.31. The average molecular weight is 218 g/mol. The molecule has 0 amide bonds. The Morgan fingerprint density at radius 3 is 2.60 bits per heavy atom. The molecule has 1 aromatic carbocycles. The van der Waals surface area contributed by atoms with E-state index in [1.165, 1.54) is 11.8 Å². The SMILES string of the molecule is CCc1ccc(C(=O)c2cnsn2)cc1. The molecular weight excluding hydrogens is 208 g/mol. The Morgan fingerprint density at radius 2 is 2.07 bits per heavy atom. The van der Waals surface area contributed by atoms with Crippen molar-refractivity contribution in [3.8, 4) is 0 Å². The molecule has 0 N–H and O–H groups in total. The number of nitrogens with zero attached hydrogens (tertiary/aromatic N) is 2. The summed E-state index contributed by atoms with van der Waals surface area (Å²) in [7, 11) is 0. The van der Waals surface area contributed by atoms with E-state index < -0.39 is 0 Å². The number of hydrogen-bond donors (Lipinski definition) is 0. The van der Waals surface area contributed by atoms with Gasteiger partial charge in [0.2, 0.25) is 5.78 Å². The normalized spacial score (nSPS) is 10.2. The molecule has 0 radical (unpaired) electrons. The van der Waals surface area contributed by atoms with Crippen molar-refractivity contribution >= 4 is 17.5 Å². The maximum absolute atomic E-state index is 11.8. The molecule has 0 aliphatic carbocycles. The van der Waals surface area contributed by atoms with Crippen LogP contribution in [0.1, 0.15) is 28.5 Å². The van der Waals surface area contributed by atoms with E-state index in [1.807, 2.05) is 24.3 Å². The van der Waals surface area contributed by atoms with Gasteiger partial charge in [0, 0.05) is 5.56 Å². The predicted molar refractivity (Wildman–Crippen MR) is 59.2 cm³/mol. The van der Waals surface area contributed by atoms with Crippen LogP contribution in [0.15, 0.2) is 30.5 Å². The average Bonchev–Trinajstić information content (AvgIpc) is 2.82. The molecule has 0 unspecified atom stereocenters. The van der Waals surface area contributed by atoms with Crippen LogP contribution in [0.5, 0.6) is 0 Å². The molecule has 0 saturated carbocycles. The van der Waals surface area contributed by atoms with Crippen molar-refractivity contribution < 1.29 is 4.79 Å². The van der Waals surface area contributed by atoms with Crippen LogP contribution in [0.3, 0.4) is 0 Å². The highest BCUT2D eigenvalue weighted by Crippen LogP contribution is 2.10. The standard InChI is InChI=1S/C11H10N2OS/c1-2-8-3-5-9(6-4-8)11(14)10-7-12-15-13-10/h3-7H,2H2,1H3. The van der Waals surface area contributed by atoms with Gasteiger partial charge >= 0.3 is 0 Å². The third-order valence-corrected chi connectivity index (χ3v) is 2.70. The fourth-order valence-corrected chi connectivity index (χ4v) is 1.72. The molecule has 4 heteroatoms. The minimum atomic E-state index is -0.0635. The zero-order valence-electron chi connectivity index (χ0n) is 8.30. The topological polar surface area (TPSA) is 42.9 Å². The first-order valence-electron chi connectivity index (χ1n) is 4.72. The molecule has 0 saturated heterocycles. The molecule has 0 aliphatic rings. The molecule has 0 fully saturated rings. The van der Waals surface area contributed by atoms with Crippen molar-refractivity contribution in [1.29, 1.82) is 0 Å². The highest BCUT2D eigenvalue weighted by molar-refractivity contribution is 6.99. The molecule has 0 bridgehead atoms. The van der Waals surface area contributed by atoms with Gasteiger partial charge in [0.1, 0.15) is 5.69 Å². The van der Waals surface area contributed by atoms with Gasteiger partial charge in [-0.25, -0.2) is 0 Å². The van der Waals surface area contributed by atoms with E-state index in [0.717, 1.165) is 18.1 Å². The number of aromatic nitrogens is 2. The maximum Gasteiger partial charge on any atom is 0.214 e. The maximum atomic E-state index is 11.8. The summed E-state index contributed by atoms with van der Waals surface area (Å²) in [6.45, 7) is 2.08. The summed E-state index contributed by atoms with van der Waals surface area (Å²) in [4.78, 5) is 11.8. The van der Waals surface area contributed by atoms with Crippen molar-refractivity contribution in [3.63, 3.8) is 0 Å². The monoisotopic (exact) mass is 218 g/mol. The van der Waals surface area contributed by atoms with Gasteiger partial charge in [0.05, 0.1) is 17.9 Å². The van der Waals surface area contributed by atoms with Crippen LogP contribution in [0.4, 0.5) is 0 Å². The Morgan fingerprint density at radius 1 is 1.33 bits per heavy atom. The highest BCUT2D eigenvalue weighted by atomic mass is 32.1. The van der Waals surface area contributed by atoms with Gasteiger partial charge in [-0.2, -0.15) is 8.75 Å². The van der Waals surface area contributed by atoms with E-state index >= 15 is 0 Å². The lowest BCUT2D eigenvalue weighted by Crippen LogP contribution is -2.01. The molecule has 1 aromatic heterocycles. The molecule has 15 heavy (non-hydrogen) atoms. The summed E-state index contributed by atoms with van der Waals surface area (Å²) in [5, 5.41) is 0. The fourth-order valence-electron chi connectivity index (χ4n) is 1.30. The smallest absolute Gasteiger partial charge is 0.214 e. The lowest BCUT2D eigenvalue weighted by atomic mass is 10.1. The van der Waals surface area contributed by atoms with E-state index in [1.54, 1.807) is 0 Å². The second-order valence-corrected chi connectivity index (χ2v) is 3.73. The largest absolute Gasteiger partial charge is 0.287 e. The first-order valence-corrected chi connectivity index (χ1v) is 5.45. The van der Waals surface area contributed by atoms with Crippen molar-refractivity contribution in [1.82, 2.24) is 8.75 Å². The first kappa shape index (κ1) is 9.98. The molecule has 0 spiro atoms. The van der Waals surface area contributed by atoms with Crippen LogP contribution in [-0.2, 0) is 6.42 Å².